The molecule has 0 bridgehead atoms. The first-order chi connectivity index (χ1) is 26.5. The number of nitrogens with zero attached hydrogens (tertiary/aromatic N) is 2. The minimum Gasteiger partial charge on any atom is -0.310 e. The predicted octanol–water partition coefficient (Wildman–Crippen LogP) is 15.0. The van der Waals surface area contributed by atoms with E-state index in [-0.39, 0.29) is 5.41 Å². The maximum atomic E-state index is 2.51. The first-order valence-electron chi connectivity index (χ1n) is 19.6. The quantitative estimate of drug-likeness (QED) is 0.172. The average molecular weight is 715 g/mol. The van der Waals surface area contributed by atoms with Crippen molar-refractivity contribution < 1.29 is 0 Å². The van der Waals surface area contributed by atoms with E-state index >= 15 is 0 Å². The second-order valence-corrected chi connectivity index (χ2v) is 17.1. The first-order valence-corrected chi connectivity index (χ1v) is 20.4. The van der Waals surface area contributed by atoms with Gasteiger partial charge in [-0.05, 0) is 113 Å². The van der Waals surface area contributed by atoms with Crippen LogP contribution in [-0.4, -0.2) is 4.57 Å². The number of aromatic nitrogens is 1. The summed E-state index contributed by atoms with van der Waals surface area (Å²) < 4.78 is 5.13. The van der Waals surface area contributed by atoms with E-state index in [1.165, 1.54) is 125 Å². The molecule has 0 amide bonds. The van der Waals surface area contributed by atoms with Gasteiger partial charge in [0.1, 0.15) is 0 Å². The van der Waals surface area contributed by atoms with Crippen molar-refractivity contribution in [2.45, 2.75) is 57.3 Å². The zero-order valence-corrected chi connectivity index (χ0v) is 31.7. The maximum Gasteiger partial charge on any atom is 0.0543 e. The van der Waals surface area contributed by atoms with Crippen LogP contribution in [0.3, 0.4) is 0 Å². The van der Waals surface area contributed by atoms with Crippen molar-refractivity contribution in [2.24, 2.45) is 0 Å². The molecule has 0 N–H and O–H groups in total. The molecule has 0 radical (unpaired) electrons. The van der Waals surface area contributed by atoms with E-state index in [0.29, 0.717) is 5.92 Å². The van der Waals surface area contributed by atoms with Crippen LogP contribution in [0.15, 0.2) is 152 Å². The number of para-hydroxylation sites is 1. The fraction of sp³-hybridized carbons (Fsp3) is 0.176. The summed E-state index contributed by atoms with van der Waals surface area (Å²) in [6.45, 7) is 4.75. The van der Waals surface area contributed by atoms with Gasteiger partial charge in [0.15, 0.2) is 0 Å². The van der Waals surface area contributed by atoms with Crippen LogP contribution in [0.4, 0.5) is 17.1 Å². The van der Waals surface area contributed by atoms with Crippen LogP contribution in [0, 0.1) is 0 Å². The minimum absolute atomic E-state index is 0.0911. The van der Waals surface area contributed by atoms with E-state index in [4.69, 9.17) is 0 Å². The summed E-state index contributed by atoms with van der Waals surface area (Å²) in [5.41, 5.74) is 14.1. The molecule has 2 aliphatic carbocycles. The zero-order valence-electron chi connectivity index (χ0n) is 30.8. The SMILES string of the molecule is CC1(C)c2ccccc2-c2ccc(N(c3ccc4c(c3)sc3ccccc34)c3ccc4c(c3)c3ccc(C5CCCCC5)cc3n4-c3ccccc3)cc21. The van der Waals surface area contributed by atoms with Gasteiger partial charge in [0.05, 0.1) is 11.0 Å². The standard InChI is InChI=1S/C51H42N2S/c1-51(2)45-19-11-9-17-39(45)40-26-22-37(31-46(40)51)52(38-23-27-43-42-18-10-12-20-49(42)54-50(43)32-38)36-24-28-47-44(30-36)41-25-21-34(33-13-5-3-6-14-33)29-48(41)53(47)35-15-7-4-8-16-35/h4,7-12,15-33H,3,5-6,13-14H2,1-2H3. The third-order valence-electron chi connectivity index (χ3n) is 12.6. The van der Waals surface area contributed by atoms with Gasteiger partial charge >= 0.3 is 0 Å². The number of hydrogen-bond donors (Lipinski definition) is 0. The Morgan fingerprint density at radius 2 is 1.20 bits per heavy atom. The molecule has 2 aromatic heterocycles. The second-order valence-electron chi connectivity index (χ2n) is 16.0. The molecule has 0 aliphatic heterocycles. The lowest BCUT2D eigenvalue weighted by molar-refractivity contribution is 0.444. The van der Waals surface area contributed by atoms with E-state index in [2.05, 4.69) is 175 Å². The molecule has 1 fully saturated rings. The Morgan fingerprint density at radius 1 is 0.519 bits per heavy atom. The number of benzene rings is 7. The monoisotopic (exact) mass is 714 g/mol. The average Bonchev–Trinajstić information content (AvgIpc) is 3.83. The first kappa shape index (κ1) is 31.8. The maximum absolute atomic E-state index is 2.51. The summed E-state index contributed by atoms with van der Waals surface area (Å²) >= 11 is 1.88. The van der Waals surface area contributed by atoms with Crippen molar-refractivity contribution in [1.29, 1.82) is 0 Å². The van der Waals surface area contributed by atoms with Gasteiger partial charge in [0.2, 0.25) is 0 Å². The van der Waals surface area contributed by atoms with Gasteiger partial charge in [0, 0.05) is 59.1 Å². The highest BCUT2D eigenvalue weighted by Crippen LogP contribution is 2.51. The van der Waals surface area contributed by atoms with Crippen LogP contribution >= 0.6 is 11.3 Å². The summed E-state index contributed by atoms with van der Waals surface area (Å²) in [4.78, 5) is 2.49. The van der Waals surface area contributed by atoms with Gasteiger partial charge in [-0.15, -0.1) is 11.3 Å². The smallest absolute Gasteiger partial charge is 0.0543 e. The lowest BCUT2D eigenvalue weighted by Crippen LogP contribution is -2.16. The highest BCUT2D eigenvalue weighted by molar-refractivity contribution is 7.25. The molecule has 2 heterocycles. The Labute approximate surface area is 320 Å². The van der Waals surface area contributed by atoms with Gasteiger partial charge < -0.3 is 9.47 Å². The lowest BCUT2D eigenvalue weighted by atomic mass is 9.82. The third-order valence-corrected chi connectivity index (χ3v) is 13.7. The fourth-order valence-corrected chi connectivity index (χ4v) is 11.0. The summed E-state index contributed by atoms with van der Waals surface area (Å²) in [7, 11) is 0. The number of anilines is 3. The molecule has 0 spiro atoms. The van der Waals surface area contributed by atoms with Crippen LogP contribution in [0.25, 0.3) is 58.8 Å². The number of fused-ring (bicyclic) bond motifs is 9. The van der Waals surface area contributed by atoms with Crippen LogP contribution in [-0.2, 0) is 5.41 Å². The molecule has 3 heteroatoms. The number of thiophene rings is 1. The normalized spacial score (nSPS) is 15.3. The summed E-state index contributed by atoms with van der Waals surface area (Å²) in [5.74, 6) is 0.649. The van der Waals surface area contributed by atoms with Crippen molar-refractivity contribution in [1.82, 2.24) is 4.57 Å². The summed E-state index contributed by atoms with van der Waals surface area (Å²) in [5, 5.41) is 5.24. The summed E-state index contributed by atoms with van der Waals surface area (Å²) in [6, 6.07) is 57.3. The van der Waals surface area contributed by atoms with Crippen LogP contribution in [0.5, 0.6) is 0 Å². The Hall–Kier alpha value is -5.64. The van der Waals surface area contributed by atoms with Crippen molar-refractivity contribution >= 4 is 70.4 Å². The van der Waals surface area contributed by atoms with E-state index in [1.54, 1.807) is 0 Å². The molecule has 11 rings (SSSR count). The minimum atomic E-state index is -0.0911. The molecule has 1 saturated carbocycles. The van der Waals surface area contributed by atoms with Crippen LogP contribution < -0.4 is 4.90 Å². The molecular formula is C51H42N2S. The third kappa shape index (κ3) is 4.84. The van der Waals surface area contributed by atoms with Gasteiger partial charge in [-0.2, -0.15) is 0 Å². The fourth-order valence-electron chi connectivity index (χ4n) is 9.84. The van der Waals surface area contributed by atoms with Gasteiger partial charge in [-0.1, -0.05) is 118 Å². The Balaban J connectivity index is 1.14. The van der Waals surface area contributed by atoms with Crippen molar-refractivity contribution in [3.63, 3.8) is 0 Å². The second kappa shape index (κ2) is 12.2. The van der Waals surface area contributed by atoms with Crippen LogP contribution in [0.1, 0.15) is 68.6 Å². The van der Waals surface area contributed by atoms with Gasteiger partial charge in [0.25, 0.3) is 0 Å². The zero-order chi connectivity index (χ0) is 36.0. The van der Waals surface area contributed by atoms with Gasteiger partial charge in [-0.3, -0.25) is 0 Å². The topological polar surface area (TPSA) is 8.17 Å². The summed E-state index contributed by atoms with van der Waals surface area (Å²) in [6.07, 6.45) is 6.63. The molecular weight excluding hydrogens is 673 g/mol. The van der Waals surface area contributed by atoms with Crippen molar-refractivity contribution in [3.05, 3.63) is 168 Å². The molecule has 7 aromatic carbocycles. The molecule has 54 heavy (non-hydrogen) atoms. The predicted molar refractivity (Wildman–Crippen MR) is 232 cm³/mol. The molecule has 0 unspecified atom stereocenters. The van der Waals surface area contributed by atoms with E-state index in [9.17, 15) is 0 Å². The molecule has 9 aromatic rings. The number of rotatable bonds is 5. The molecule has 0 saturated heterocycles. The van der Waals surface area contributed by atoms with E-state index < -0.39 is 0 Å². The van der Waals surface area contributed by atoms with Crippen LogP contribution in [0.2, 0.25) is 0 Å². The highest BCUT2D eigenvalue weighted by Gasteiger charge is 2.36. The number of hydrogen-bond acceptors (Lipinski definition) is 2. The van der Waals surface area contributed by atoms with Crippen molar-refractivity contribution in [2.75, 3.05) is 4.90 Å². The Morgan fingerprint density at radius 3 is 2.09 bits per heavy atom. The van der Waals surface area contributed by atoms with E-state index in [0.717, 1.165) is 0 Å². The van der Waals surface area contributed by atoms with E-state index in [1.807, 2.05) is 11.3 Å². The Bertz CT molecular complexity index is 2900. The largest absolute Gasteiger partial charge is 0.310 e. The molecule has 2 aliphatic rings. The lowest BCUT2D eigenvalue weighted by Gasteiger charge is -2.28. The van der Waals surface area contributed by atoms with Crippen molar-refractivity contribution in [3.8, 4) is 16.8 Å². The molecule has 2 nitrogen and oxygen atoms in total. The molecule has 0 atom stereocenters. The molecule has 262 valence electrons. The van der Waals surface area contributed by atoms with Gasteiger partial charge in [-0.25, -0.2) is 0 Å². The Kier molecular flexibility index (Phi) is 7.19. The highest BCUT2D eigenvalue weighted by atomic mass is 32.1.